The molecule has 0 unspecified atom stereocenters. The summed E-state index contributed by atoms with van der Waals surface area (Å²) in [6, 6.07) is 7.14. The number of rotatable bonds is 5. The van der Waals surface area contributed by atoms with Crippen molar-refractivity contribution < 1.29 is 80.7 Å². The molecule has 0 saturated carbocycles. The fourth-order valence-electron chi connectivity index (χ4n) is 3.01. The van der Waals surface area contributed by atoms with E-state index in [1.807, 2.05) is 6.07 Å². The van der Waals surface area contributed by atoms with Crippen molar-refractivity contribution in [1.29, 1.82) is 0 Å². The number of ether oxygens (including phenoxy) is 1. The number of carbonyl (C=O) groups excluding carboxylic acids is 3. The predicted molar refractivity (Wildman–Crippen MR) is 102 cm³/mol. The Balaban J connectivity index is 0.000000771. The van der Waals surface area contributed by atoms with Crippen molar-refractivity contribution in [3.05, 3.63) is 30.3 Å². The van der Waals surface area contributed by atoms with Crippen LogP contribution in [0.25, 0.3) is 0 Å². The maximum atomic E-state index is 12.2. The Morgan fingerprint density at radius 2 is 1.86 bits per heavy atom. The van der Waals surface area contributed by atoms with Crippen LogP contribution in [-0.2, 0) is 14.4 Å². The van der Waals surface area contributed by atoms with E-state index in [1.165, 1.54) is 16.7 Å². The first-order valence-corrected chi connectivity index (χ1v) is 9.78. The molecule has 29 heavy (non-hydrogen) atoms. The maximum absolute atomic E-state index is 12.2. The van der Waals surface area contributed by atoms with Crippen LogP contribution < -0.4 is 66.5 Å². The molecule has 2 N–H and O–H groups in total. The number of carboxylic acids is 1. The second kappa shape index (κ2) is 11.1. The summed E-state index contributed by atoms with van der Waals surface area (Å²) in [4.78, 5) is 36.8. The topological polar surface area (TPSA) is 119 Å². The number of nitrogens with one attached hydrogen (secondary N) is 1. The second-order valence-corrected chi connectivity index (χ2v) is 9.09. The number of thioether (sulfide) groups is 1. The Bertz CT molecular complexity index is 728. The van der Waals surface area contributed by atoms with Crippen LogP contribution in [0.15, 0.2) is 30.3 Å². The Hall–Kier alpha value is -0.624. The summed E-state index contributed by atoms with van der Waals surface area (Å²) in [7, 11) is 0. The third kappa shape index (κ3) is 6.68. The van der Waals surface area contributed by atoms with E-state index in [0.29, 0.717) is 5.75 Å². The molecule has 2 fully saturated rings. The van der Waals surface area contributed by atoms with Crippen LogP contribution in [-0.4, -0.2) is 62.7 Å². The fraction of sp³-hybridized carbons (Fsp3) is 0.526. The molecule has 0 radical (unpaired) electrons. The van der Waals surface area contributed by atoms with Gasteiger partial charge in [-0.05, 0) is 39.8 Å². The predicted octanol–water partition coefficient (Wildman–Crippen LogP) is -3.25. The molecule has 3 atom stereocenters. The van der Waals surface area contributed by atoms with Gasteiger partial charge in [0.05, 0.1) is 12.0 Å². The average Bonchev–Trinajstić information content (AvgIpc) is 2.86. The van der Waals surface area contributed by atoms with E-state index < -0.39 is 40.0 Å². The van der Waals surface area contributed by atoms with Gasteiger partial charge in [0.15, 0.2) is 6.61 Å². The SMILES string of the molecule is CC(C)O.CC1(C)S[C@@H]2[C@H](NC(=O)COc3ccccc3)C(=O)N2[C@H]1C(=O)[O-].[K+]. The molecule has 2 heterocycles. The van der Waals surface area contributed by atoms with Crippen molar-refractivity contribution in [3.8, 4) is 5.75 Å². The zero-order chi connectivity index (χ0) is 21.1. The Kier molecular flexibility index (Phi) is 10.1. The monoisotopic (exact) mass is 448 g/mol. The normalized spacial score (nSPS) is 23.7. The molecule has 2 amide bonds. The minimum atomic E-state index is -1.28. The first-order valence-electron chi connectivity index (χ1n) is 8.90. The van der Waals surface area contributed by atoms with Gasteiger partial charge in [-0.2, -0.15) is 0 Å². The number of aliphatic carboxylic acids is 1. The summed E-state index contributed by atoms with van der Waals surface area (Å²) < 4.78 is 4.67. The van der Waals surface area contributed by atoms with Crippen molar-refractivity contribution in [2.75, 3.05) is 6.61 Å². The zero-order valence-corrected chi connectivity index (χ0v) is 21.2. The number of fused-ring (bicyclic) bond motifs is 1. The molecule has 3 rings (SSSR count). The van der Waals surface area contributed by atoms with Crippen molar-refractivity contribution in [1.82, 2.24) is 10.2 Å². The summed E-state index contributed by atoms with van der Waals surface area (Å²) in [5.74, 6) is -1.55. The number of hydrogen-bond donors (Lipinski definition) is 2. The molecule has 0 aromatic heterocycles. The third-order valence-corrected chi connectivity index (χ3v) is 5.67. The van der Waals surface area contributed by atoms with Gasteiger partial charge in [0, 0.05) is 10.9 Å². The molecule has 2 aliphatic rings. The number of para-hydroxylation sites is 1. The molecule has 8 nitrogen and oxygen atoms in total. The van der Waals surface area contributed by atoms with Gasteiger partial charge in [0.1, 0.15) is 17.2 Å². The van der Waals surface area contributed by atoms with Gasteiger partial charge in [-0.15, -0.1) is 11.8 Å². The van der Waals surface area contributed by atoms with Crippen LogP contribution in [0, 0.1) is 0 Å². The second-order valence-electron chi connectivity index (χ2n) is 7.32. The van der Waals surface area contributed by atoms with E-state index in [0.717, 1.165) is 0 Å². The van der Waals surface area contributed by atoms with E-state index in [1.54, 1.807) is 52.0 Å². The van der Waals surface area contributed by atoms with Gasteiger partial charge < -0.3 is 30.0 Å². The molecule has 2 saturated heterocycles. The first kappa shape index (κ1) is 26.4. The van der Waals surface area contributed by atoms with E-state index >= 15 is 0 Å². The Labute approximate surface area is 217 Å². The van der Waals surface area contributed by atoms with Gasteiger partial charge >= 0.3 is 51.4 Å². The number of aliphatic hydroxyl groups is 1. The molecular formula is C19H25KN2O6S. The standard InChI is InChI=1S/C16H18N2O5S.C3H8O.K/c1-16(2)12(15(21)22)18-13(20)11(14(18)24-16)17-10(19)8-23-9-6-4-3-5-7-9;1-3(2)4;/h3-7,11-12,14H,8H2,1-2H3,(H,17,19)(H,21,22);3-4H,1-2H3;/q;;+1/p-1/t11-,12+,14-;;/m1../s1. The zero-order valence-electron chi connectivity index (χ0n) is 17.2. The van der Waals surface area contributed by atoms with E-state index in [4.69, 9.17) is 9.84 Å². The minimum absolute atomic E-state index is 0. The van der Waals surface area contributed by atoms with Crippen LogP contribution in [0.5, 0.6) is 5.75 Å². The van der Waals surface area contributed by atoms with E-state index in [-0.39, 0.29) is 64.1 Å². The van der Waals surface area contributed by atoms with Gasteiger partial charge in [-0.1, -0.05) is 18.2 Å². The summed E-state index contributed by atoms with van der Waals surface area (Å²) in [6.07, 6.45) is -0.167. The van der Waals surface area contributed by atoms with Crippen molar-refractivity contribution >= 4 is 29.5 Å². The number of nitrogens with zero attached hydrogens (tertiary/aromatic N) is 1. The van der Waals surface area contributed by atoms with Crippen molar-refractivity contribution in [2.24, 2.45) is 0 Å². The number of β-lactam (4-membered cyclic amide) rings is 1. The van der Waals surface area contributed by atoms with Crippen LogP contribution in [0.4, 0.5) is 0 Å². The largest absolute Gasteiger partial charge is 1.00 e. The average molecular weight is 449 g/mol. The molecule has 2 aliphatic heterocycles. The molecule has 154 valence electrons. The molecule has 1 aromatic carbocycles. The molecule has 10 heteroatoms. The van der Waals surface area contributed by atoms with Gasteiger partial charge in [0.25, 0.3) is 5.91 Å². The van der Waals surface area contributed by atoms with E-state index in [2.05, 4.69) is 5.32 Å². The molecule has 0 bridgehead atoms. The Morgan fingerprint density at radius 3 is 2.38 bits per heavy atom. The summed E-state index contributed by atoms with van der Waals surface area (Å²) in [6.45, 7) is 6.74. The molecule has 1 aromatic rings. The van der Waals surface area contributed by atoms with Crippen LogP contribution in [0.2, 0.25) is 0 Å². The Morgan fingerprint density at radius 1 is 1.31 bits per heavy atom. The van der Waals surface area contributed by atoms with Crippen LogP contribution in [0.1, 0.15) is 27.7 Å². The number of aliphatic hydroxyl groups excluding tert-OH is 1. The van der Waals surface area contributed by atoms with Crippen LogP contribution >= 0.6 is 11.8 Å². The molecular weight excluding hydrogens is 423 g/mol. The fourth-order valence-corrected chi connectivity index (χ4v) is 4.63. The number of hydrogen-bond acceptors (Lipinski definition) is 7. The number of benzene rings is 1. The molecule has 0 spiro atoms. The third-order valence-electron chi connectivity index (χ3n) is 4.09. The molecule has 0 aliphatic carbocycles. The summed E-state index contributed by atoms with van der Waals surface area (Å²) in [5, 5.41) is 21.6. The van der Waals surface area contributed by atoms with E-state index in [9.17, 15) is 19.5 Å². The minimum Gasteiger partial charge on any atom is -0.548 e. The van der Waals surface area contributed by atoms with Gasteiger partial charge in [0.2, 0.25) is 5.91 Å². The van der Waals surface area contributed by atoms with Crippen LogP contribution in [0.3, 0.4) is 0 Å². The maximum Gasteiger partial charge on any atom is 1.00 e. The number of carboxylic acid groups (broad SMARTS) is 1. The number of carbonyl (C=O) groups is 3. The smallest absolute Gasteiger partial charge is 0.548 e. The van der Waals surface area contributed by atoms with Gasteiger partial charge in [-0.3, -0.25) is 9.59 Å². The van der Waals surface area contributed by atoms with Gasteiger partial charge in [-0.25, -0.2) is 0 Å². The first-order chi connectivity index (χ1) is 13.0. The van der Waals surface area contributed by atoms with Crippen molar-refractivity contribution in [2.45, 2.75) is 56.0 Å². The van der Waals surface area contributed by atoms with Crippen molar-refractivity contribution in [3.63, 3.8) is 0 Å². The quantitative estimate of drug-likeness (QED) is 0.359. The summed E-state index contributed by atoms with van der Waals surface area (Å²) in [5.41, 5.74) is 0. The summed E-state index contributed by atoms with van der Waals surface area (Å²) >= 11 is 1.35. The number of amides is 2.